The van der Waals surface area contributed by atoms with Crippen LogP contribution >= 0.6 is 11.3 Å². The molecular weight excluding hydrogens is 276 g/mol. The summed E-state index contributed by atoms with van der Waals surface area (Å²) < 4.78 is 0. The van der Waals surface area contributed by atoms with Crippen molar-refractivity contribution in [2.45, 2.75) is 64.0 Å². The lowest BCUT2D eigenvalue weighted by Gasteiger charge is -2.50. The fourth-order valence-corrected chi connectivity index (χ4v) is 4.63. The van der Waals surface area contributed by atoms with Crippen molar-refractivity contribution in [3.05, 3.63) is 22.4 Å². The van der Waals surface area contributed by atoms with Crippen molar-refractivity contribution in [3.63, 3.8) is 0 Å². The van der Waals surface area contributed by atoms with E-state index in [4.69, 9.17) is 0 Å². The van der Waals surface area contributed by atoms with E-state index in [0.29, 0.717) is 11.6 Å². The van der Waals surface area contributed by atoms with Gasteiger partial charge in [0.05, 0.1) is 0 Å². The molecule has 0 aliphatic heterocycles. The third kappa shape index (κ3) is 4.08. The fraction of sp³-hybridized carbons (Fsp3) is 0.778. The first-order valence-electron chi connectivity index (χ1n) is 8.50. The molecule has 1 aromatic rings. The lowest BCUT2D eigenvalue weighted by atomic mass is 9.70. The van der Waals surface area contributed by atoms with Gasteiger partial charge in [-0.15, -0.1) is 0 Å². The second kappa shape index (κ2) is 7.75. The van der Waals surface area contributed by atoms with E-state index in [9.17, 15) is 0 Å². The number of aryl methyl sites for hydroxylation is 1. The van der Waals surface area contributed by atoms with Gasteiger partial charge in [-0.1, -0.05) is 13.8 Å². The smallest absolute Gasteiger partial charge is 0.0356 e. The largest absolute Gasteiger partial charge is 0.312 e. The Morgan fingerprint density at radius 3 is 2.62 bits per heavy atom. The maximum atomic E-state index is 3.81. The fourth-order valence-electron chi connectivity index (χ4n) is 3.92. The Morgan fingerprint density at radius 2 is 2.10 bits per heavy atom. The molecule has 1 saturated carbocycles. The van der Waals surface area contributed by atoms with Gasteiger partial charge in [0.25, 0.3) is 0 Å². The number of hydrogen-bond donors (Lipinski definition) is 1. The van der Waals surface area contributed by atoms with Crippen LogP contribution < -0.4 is 5.32 Å². The van der Waals surface area contributed by atoms with Crippen molar-refractivity contribution >= 4 is 11.3 Å². The van der Waals surface area contributed by atoms with Crippen molar-refractivity contribution in [2.24, 2.45) is 5.92 Å². The van der Waals surface area contributed by atoms with Crippen molar-refractivity contribution in [1.82, 2.24) is 10.2 Å². The van der Waals surface area contributed by atoms with E-state index in [-0.39, 0.29) is 0 Å². The standard InChI is InChI=1S/C18H32N2S/c1-5-19-17(7-6-16-10-13-21-14-16)18(20(3)4)11-8-15(2)9-12-18/h10,13-15,17,19H,5-9,11-12H2,1-4H3. The SMILES string of the molecule is CCNC(CCc1ccsc1)C1(N(C)C)CCC(C)CC1. The molecule has 1 heterocycles. The molecule has 1 aliphatic carbocycles. The lowest BCUT2D eigenvalue weighted by Crippen LogP contribution is -2.60. The molecule has 3 heteroatoms. The minimum absolute atomic E-state index is 0.346. The van der Waals surface area contributed by atoms with Crippen LogP contribution in [0.1, 0.15) is 51.5 Å². The average molecular weight is 309 g/mol. The predicted octanol–water partition coefficient (Wildman–Crippen LogP) is 4.17. The molecule has 2 nitrogen and oxygen atoms in total. The van der Waals surface area contributed by atoms with E-state index in [1.807, 2.05) is 11.3 Å². The Labute approximate surface area is 134 Å². The summed E-state index contributed by atoms with van der Waals surface area (Å²) in [5, 5.41) is 8.31. The molecule has 21 heavy (non-hydrogen) atoms. The molecule has 0 radical (unpaired) electrons. The first-order valence-corrected chi connectivity index (χ1v) is 9.44. The van der Waals surface area contributed by atoms with Crippen molar-refractivity contribution in [3.8, 4) is 0 Å². The summed E-state index contributed by atoms with van der Waals surface area (Å²) >= 11 is 1.82. The summed E-state index contributed by atoms with van der Waals surface area (Å²) in [6.07, 6.45) is 7.87. The zero-order valence-corrected chi connectivity index (χ0v) is 15.0. The molecule has 1 aromatic heterocycles. The molecule has 1 N–H and O–H groups in total. The normalized spacial score (nSPS) is 28.0. The molecule has 1 atom stereocenters. The molecule has 0 saturated heterocycles. The van der Waals surface area contributed by atoms with Crippen molar-refractivity contribution in [1.29, 1.82) is 0 Å². The molecule has 2 rings (SSSR count). The monoisotopic (exact) mass is 308 g/mol. The van der Waals surface area contributed by atoms with Gasteiger partial charge < -0.3 is 10.2 Å². The molecule has 0 amide bonds. The highest BCUT2D eigenvalue weighted by atomic mass is 32.1. The summed E-state index contributed by atoms with van der Waals surface area (Å²) in [5.74, 6) is 0.900. The van der Waals surface area contributed by atoms with Gasteiger partial charge in [-0.25, -0.2) is 0 Å². The maximum Gasteiger partial charge on any atom is 0.0356 e. The van der Waals surface area contributed by atoms with E-state index >= 15 is 0 Å². The summed E-state index contributed by atoms with van der Waals surface area (Å²) in [7, 11) is 4.57. The second-order valence-corrected chi connectivity index (χ2v) is 7.74. The average Bonchev–Trinajstić information content (AvgIpc) is 2.98. The van der Waals surface area contributed by atoms with Crippen LogP contribution in [0.15, 0.2) is 16.8 Å². The van der Waals surface area contributed by atoms with Crippen LogP contribution in [0, 0.1) is 5.92 Å². The first kappa shape index (κ1) is 17.0. The molecule has 1 fully saturated rings. The van der Waals surface area contributed by atoms with Gasteiger partial charge in [-0.05, 0) is 87.5 Å². The molecule has 120 valence electrons. The maximum absolute atomic E-state index is 3.81. The van der Waals surface area contributed by atoms with Crippen molar-refractivity contribution in [2.75, 3.05) is 20.6 Å². The highest BCUT2D eigenvalue weighted by molar-refractivity contribution is 7.07. The summed E-state index contributed by atoms with van der Waals surface area (Å²) in [6.45, 7) is 5.72. The predicted molar refractivity (Wildman–Crippen MR) is 94.2 cm³/mol. The van der Waals surface area contributed by atoms with Gasteiger partial charge in [0.1, 0.15) is 0 Å². The third-order valence-electron chi connectivity index (χ3n) is 5.43. The molecule has 0 aromatic carbocycles. The van der Waals surface area contributed by atoms with Gasteiger partial charge in [0.2, 0.25) is 0 Å². The zero-order valence-electron chi connectivity index (χ0n) is 14.2. The van der Waals surface area contributed by atoms with Crippen LogP contribution in [-0.2, 0) is 6.42 Å². The number of rotatable bonds is 7. The molecular formula is C18H32N2S. The quantitative estimate of drug-likeness (QED) is 0.813. The minimum Gasteiger partial charge on any atom is -0.312 e. The Bertz CT molecular complexity index is 391. The van der Waals surface area contributed by atoms with Gasteiger partial charge in [-0.2, -0.15) is 11.3 Å². The van der Waals surface area contributed by atoms with Crippen LogP contribution in [0.5, 0.6) is 0 Å². The van der Waals surface area contributed by atoms with E-state index in [2.05, 4.69) is 55.0 Å². The first-order chi connectivity index (χ1) is 10.1. The van der Waals surface area contributed by atoms with Crippen molar-refractivity contribution < 1.29 is 0 Å². The number of hydrogen-bond acceptors (Lipinski definition) is 3. The van der Waals surface area contributed by atoms with Crippen LogP contribution in [0.3, 0.4) is 0 Å². The number of likely N-dealkylation sites (N-methyl/N-ethyl adjacent to an activating group) is 2. The van der Waals surface area contributed by atoms with Gasteiger partial charge in [0, 0.05) is 11.6 Å². The molecule has 0 bridgehead atoms. The Morgan fingerprint density at radius 1 is 1.38 bits per heavy atom. The highest BCUT2D eigenvalue weighted by Gasteiger charge is 2.42. The zero-order chi connectivity index (χ0) is 15.3. The summed E-state index contributed by atoms with van der Waals surface area (Å²) in [6, 6.07) is 2.88. The second-order valence-electron chi connectivity index (χ2n) is 6.96. The molecule has 1 aliphatic rings. The van der Waals surface area contributed by atoms with Crippen LogP contribution in [0.25, 0.3) is 0 Å². The third-order valence-corrected chi connectivity index (χ3v) is 6.16. The van der Waals surface area contributed by atoms with Gasteiger partial charge in [0.15, 0.2) is 0 Å². The molecule has 0 spiro atoms. The van der Waals surface area contributed by atoms with Crippen LogP contribution in [-0.4, -0.2) is 37.1 Å². The van der Waals surface area contributed by atoms with Crippen LogP contribution in [0.2, 0.25) is 0 Å². The van der Waals surface area contributed by atoms with E-state index < -0.39 is 0 Å². The Hall–Kier alpha value is -0.380. The van der Waals surface area contributed by atoms with E-state index in [1.54, 1.807) is 0 Å². The van der Waals surface area contributed by atoms with Crippen LogP contribution in [0.4, 0.5) is 0 Å². The minimum atomic E-state index is 0.346. The Balaban J connectivity index is 2.08. The summed E-state index contributed by atoms with van der Waals surface area (Å²) in [4.78, 5) is 2.51. The number of nitrogens with one attached hydrogen (secondary N) is 1. The number of thiophene rings is 1. The van der Waals surface area contributed by atoms with E-state index in [0.717, 1.165) is 12.5 Å². The number of nitrogens with zero attached hydrogens (tertiary/aromatic N) is 1. The van der Waals surface area contributed by atoms with Gasteiger partial charge >= 0.3 is 0 Å². The highest BCUT2D eigenvalue weighted by Crippen LogP contribution is 2.39. The summed E-state index contributed by atoms with van der Waals surface area (Å²) in [5.41, 5.74) is 1.85. The van der Waals surface area contributed by atoms with E-state index in [1.165, 1.54) is 44.1 Å². The molecule has 1 unspecified atom stereocenters. The topological polar surface area (TPSA) is 15.3 Å². The lowest BCUT2D eigenvalue weighted by molar-refractivity contribution is 0.0410. The van der Waals surface area contributed by atoms with Gasteiger partial charge in [-0.3, -0.25) is 0 Å². The Kier molecular flexibility index (Phi) is 6.27.